The fourth-order valence-electron chi connectivity index (χ4n) is 2.69. The first-order valence-electron chi connectivity index (χ1n) is 7.64. The van der Waals surface area contributed by atoms with Crippen molar-refractivity contribution in [2.45, 2.75) is 39.0 Å². The fraction of sp³-hybridized carbons (Fsp3) is 0.562. The maximum absolute atomic E-state index is 12.7. The average molecular weight is 323 g/mol. The highest BCUT2D eigenvalue weighted by Gasteiger charge is 2.46. The number of thiophene rings is 1. The van der Waals surface area contributed by atoms with Crippen molar-refractivity contribution in [1.29, 1.82) is 0 Å². The zero-order valence-electron chi connectivity index (χ0n) is 12.9. The quantitative estimate of drug-likeness (QED) is 0.458. The Balaban J connectivity index is 2.29. The molecular weight excluding hydrogens is 302 g/mol. The Morgan fingerprint density at radius 2 is 2.18 bits per heavy atom. The van der Waals surface area contributed by atoms with Gasteiger partial charge < -0.3 is 4.74 Å². The molecule has 2 unspecified atom stereocenters. The van der Waals surface area contributed by atoms with Crippen LogP contribution in [0.3, 0.4) is 0 Å². The zero-order chi connectivity index (χ0) is 16.1. The van der Waals surface area contributed by atoms with Crippen LogP contribution in [0.2, 0.25) is 0 Å². The summed E-state index contributed by atoms with van der Waals surface area (Å²) in [5.74, 6) is -2.45. The minimum absolute atomic E-state index is 0.180. The van der Waals surface area contributed by atoms with Gasteiger partial charge in [0.1, 0.15) is 5.92 Å². The Bertz CT molecular complexity index is 540. The number of carbonyl (C=O) groups excluding carboxylic acids is 3. The number of likely N-dealkylation sites (tertiary alicyclic amines) is 1. The molecule has 22 heavy (non-hydrogen) atoms. The van der Waals surface area contributed by atoms with E-state index in [0.717, 1.165) is 17.7 Å². The van der Waals surface area contributed by atoms with Crippen molar-refractivity contribution in [2.24, 2.45) is 5.92 Å². The molecule has 0 N–H and O–H groups in total. The molecule has 0 aromatic carbocycles. The second kappa shape index (κ2) is 7.54. The number of carbonyl (C=O) groups is 3. The summed E-state index contributed by atoms with van der Waals surface area (Å²) in [6, 6.07) is 3.73. The molecule has 1 fully saturated rings. The summed E-state index contributed by atoms with van der Waals surface area (Å²) in [5.41, 5.74) is 0. The van der Waals surface area contributed by atoms with E-state index < -0.39 is 23.7 Å². The van der Waals surface area contributed by atoms with E-state index in [9.17, 15) is 14.4 Å². The van der Waals surface area contributed by atoms with Gasteiger partial charge in [-0.25, -0.2) is 0 Å². The number of unbranched alkanes of at least 4 members (excludes halogenated alkanes) is 1. The van der Waals surface area contributed by atoms with E-state index in [0.29, 0.717) is 6.54 Å². The highest BCUT2D eigenvalue weighted by atomic mass is 32.1. The van der Waals surface area contributed by atoms with Gasteiger partial charge in [0.15, 0.2) is 0 Å². The lowest BCUT2D eigenvalue weighted by Crippen LogP contribution is -2.51. The molecule has 6 heteroatoms. The highest BCUT2D eigenvalue weighted by Crippen LogP contribution is 2.37. The molecule has 1 aromatic rings. The van der Waals surface area contributed by atoms with Crippen LogP contribution in [0.5, 0.6) is 0 Å². The van der Waals surface area contributed by atoms with Crippen LogP contribution in [-0.4, -0.2) is 35.8 Å². The van der Waals surface area contributed by atoms with E-state index in [1.54, 1.807) is 6.92 Å². The summed E-state index contributed by atoms with van der Waals surface area (Å²) in [4.78, 5) is 39.4. The Hall–Kier alpha value is -1.69. The molecule has 0 aliphatic carbocycles. The minimum Gasteiger partial charge on any atom is -0.465 e. The van der Waals surface area contributed by atoms with Gasteiger partial charge >= 0.3 is 5.97 Å². The third-order valence-electron chi connectivity index (χ3n) is 3.81. The van der Waals surface area contributed by atoms with Crippen molar-refractivity contribution in [1.82, 2.24) is 4.90 Å². The topological polar surface area (TPSA) is 63.7 Å². The van der Waals surface area contributed by atoms with Crippen LogP contribution >= 0.6 is 11.3 Å². The van der Waals surface area contributed by atoms with Gasteiger partial charge in [0, 0.05) is 23.8 Å². The van der Waals surface area contributed by atoms with Crippen LogP contribution in [0.25, 0.3) is 0 Å². The standard InChI is InChI=1S/C16H21NO4S/c1-3-5-8-17-13(18)10-11(12-7-6-9-22-12)14(15(17)19)16(20)21-4-2/h6-7,9,11,14H,3-5,8,10H2,1-2H3. The smallest absolute Gasteiger partial charge is 0.319 e. The van der Waals surface area contributed by atoms with Gasteiger partial charge in [0.2, 0.25) is 11.8 Å². The summed E-state index contributed by atoms with van der Waals surface area (Å²) in [6.45, 7) is 4.31. The van der Waals surface area contributed by atoms with Crippen LogP contribution in [0.15, 0.2) is 17.5 Å². The number of hydrogen-bond acceptors (Lipinski definition) is 5. The van der Waals surface area contributed by atoms with Gasteiger partial charge in [-0.2, -0.15) is 0 Å². The van der Waals surface area contributed by atoms with Crippen LogP contribution < -0.4 is 0 Å². The largest absolute Gasteiger partial charge is 0.465 e. The molecule has 0 saturated carbocycles. The maximum Gasteiger partial charge on any atom is 0.319 e. The number of ether oxygens (including phenoxy) is 1. The first-order chi connectivity index (χ1) is 10.6. The fourth-order valence-corrected chi connectivity index (χ4v) is 3.56. The lowest BCUT2D eigenvalue weighted by atomic mass is 9.83. The molecule has 2 atom stereocenters. The molecule has 1 aliphatic heterocycles. The van der Waals surface area contributed by atoms with E-state index in [1.807, 2.05) is 24.4 Å². The van der Waals surface area contributed by atoms with Gasteiger partial charge in [-0.15, -0.1) is 11.3 Å². The first kappa shape index (κ1) is 16.7. The van der Waals surface area contributed by atoms with E-state index >= 15 is 0 Å². The number of imide groups is 1. The van der Waals surface area contributed by atoms with Gasteiger partial charge in [-0.3, -0.25) is 19.3 Å². The predicted molar refractivity (Wildman–Crippen MR) is 83.4 cm³/mol. The SMILES string of the molecule is CCCCN1C(=O)CC(c2cccs2)C(C(=O)OCC)C1=O. The molecule has 2 rings (SSSR count). The second-order valence-electron chi connectivity index (χ2n) is 5.29. The molecule has 0 bridgehead atoms. The normalized spacial score (nSPS) is 22.0. The number of amides is 2. The lowest BCUT2D eigenvalue weighted by Gasteiger charge is -2.34. The molecule has 2 amide bonds. The van der Waals surface area contributed by atoms with E-state index in [2.05, 4.69) is 0 Å². The molecule has 1 aliphatic rings. The molecule has 0 spiro atoms. The minimum atomic E-state index is -0.909. The van der Waals surface area contributed by atoms with Crippen LogP contribution in [0.1, 0.15) is 43.9 Å². The van der Waals surface area contributed by atoms with E-state index in [-0.39, 0.29) is 18.9 Å². The van der Waals surface area contributed by atoms with Crippen molar-refractivity contribution in [3.8, 4) is 0 Å². The molecule has 1 saturated heterocycles. The summed E-state index contributed by atoms with van der Waals surface area (Å²) in [6.07, 6.45) is 1.81. The molecular formula is C16H21NO4S. The third-order valence-corrected chi connectivity index (χ3v) is 4.82. The molecule has 120 valence electrons. The van der Waals surface area contributed by atoms with Crippen molar-refractivity contribution >= 4 is 29.1 Å². The summed E-state index contributed by atoms with van der Waals surface area (Å²) in [7, 11) is 0. The lowest BCUT2D eigenvalue weighted by molar-refractivity contribution is -0.163. The van der Waals surface area contributed by atoms with E-state index in [4.69, 9.17) is 4.74 Å². The van der Waals surface area contributed by atoms with E-state index in [1.165, 1.54) is 16.2 Å². The van der Waals surface area contributed by atoms with Gasteiger partial charge in [-0.05, 0) is 24.8 Å². The Kier molecular flexibility index (Phi) is 5.71. The highest BCUT2D eigenvalue weighted by molar-refractivity contribution is 7.10. The van der Waals surface area contributed by atoms with Crippen LogP contribution in [-0.2, 0) is 19.1 Å². The number of piperidine rings is 1. The Morgan fingerprint density at radius 1 is 1.41 bits per heavy atom. The number of esters is 1. The number of hydrogen-bond donors (Lipinski definition) is 0. The van der Waals surface area contributed by atoms with Crippen molar-refractivity contribution in [3.05, 3.63) is 22.4 Å². The van der Waals surface area contributed by atoms with Crippen LogP contribution in [0.4, 0.5) is 0 Å². The average Bonchev–Trinajstić information content (AvgIpc) is 3.00. The summed E-state index contributed by atoms with van der Waals surface area (Å²) in [5, 5.41) is 1.88. The molecule has 0 radical (unpaired) electrons. The second-order valence-corrected chi connectivity index (χ2v) is 6.27. The predicted octanol–water partition coefficient (Wildman–Crippen LogP) is 2.57. The summed E-state index contributed by atoms with van der Waals surface area (Å²) >= 11 is 1.46. The number of rotatable bonds is 6. The monoisotopic (exact) mass is 323 g/mol. The number of nitrogens with zero attached hydrogens (tertiary/aromatic N) is 1. The zero-order valence-corrected chi connectivity index (χ0v) is 13.7. The summed E-state index contributed by atoms with van der Waals surface area (Å²) < 4.78 is 5.08. The van der Waals surface area contributed by atoms with Crippen molar-refractivity contribution in [2.75, 3.05) is 13.2 Å². The maximum atomic E-state index is 12.7. The third kappa shape index (κ3) is 3.38. The molecule has 1 aromatic heterocycles. The van der Waals surface area contributed by atoms with Crippen molar-refractivity contribution in [3.63, 3.8) is 0 Å². The van der Waals surface area contributed by atoms with Gasteiger partial charge in [-0.1, -0.05) is 19.4 Å². The molecule has 5 nitrogen and oxygen atoms in total. The molecule has 2 heterocycles. The van der Waals surface area contributed by atoms with Gasteiger partial charge in [0.25, 0.3) is 0 Å². The van der Waals surface area contributed by atoms with Gasteiger partial charge in [0.05, 0.1) is 6.61 Å². The first-order valence-corrected chi connectivity index (χ1v) is 8.52. The van der Waals surface area contributed by atoms with Crippen molar-refractivity contribution < 1.29 is 19.1 Å². The Labute approximate surface area is 134 Å². The van der Waals surface area contributed by atoms with Crippen LogP contribution in [0, 0.1) is 5.92 Å². The Morgan fingerprint density at radius 3 is 2.77 bits per heavy atom.